The molecule has 2 aromatic carbocycles. The Morgan fingerprint density at radius 3 is 2.66 bits per heavy atom. The molecule has 35 heavy (non-hydrogen) atoms. The normalized spacial score (nSPS) is 21.3. The van der Waals surface area contributed by atoms with Gasteiger partial charge in [0, 0.05) is 19.0 Å². The van der Waals surface area contributed by atoms with Gasteiger partial charge in [-0.25, -0.2) is 4.99 Å². The smallest absolute Gasteiger partial charge is 0.261 e. The molecule has 0 radical (unpaired) electrons. The minimum atomic E-state index is -1.07. The highest BCUT2D eigenvalue weighted by Crippen LogP contribution is 2.49. The monoisotopic (exact) mass is 473 g/mol. The third-order valence-electron chi connectivity index (χ3n) is 6.60. The van der Waals surface area contributed by atoms with E-state index in [0.717, 1.165) is 35.3 Å². The van der Waals surface area contributed by atoms with Gasteiger partial charge in [0.25, 0.3) is 5.91 Å². The number of likely N-dealkylation sites (N-methyl/N-ethyl adjacent to an activating group) is 1. The lowest BCUT2D eigenvalue weighted by Gasteiger charge is -2.41. The molecule has 0 fully saturated rings. The number of nitrogens with two attached hydrogens (primary N) is 1. The number of allylic oxidation sites excluding steroid dienone is 4. The molecule has 1 atom stereocenters. The van der Waals surface area contributed by atoms with Crippen LogP contribution >= 0.6 is 0 Å². The van der Waals surface area contributed by atoms with E-state index in [1.165, 1.54) is 10.5 Å². The quantitative estimate of drug-likeness (QED) is 0.421. The Morgan fingerprint density at radius 1 is 1.20 bits per heavy atom. The summed E-state index contributed by atoms with van der Waals surface area (Å²) in [7, 11) is 1.67. The lowest BCUT2D eigenvalue weighted by atomic mass is 9.77. The van der Waals surface area contributed by atoms with Crippen LogP contribution in [0.3, 0.4) is 0 Å². The zero-order valence-corrected chi connectivity index (χ0v) is 21.3. The zero-order valence-electron chi connectivity index (χ0n) is 21.3. The van der Waals surface area contributed by atoms with Crippen LogP contribution in [0.2, 0.25) is 0 Å². The topological polar surface area (TPSA) is 77.2 Å². The number of hydrogen-bond donors (Lipinski definition) is 1. The Bertz CT molecular complexity index is 1210. The minimum Gasteiger partial charge on any atom is -0.494 e. The number of rotatable bonds is 7. The van der Waals surface area contributed by atoms with E-state index in [9.17, 15) is 4.79 Å². The van der Waals surface area contributed by atoms with Gasteiger partial charge in [-0.3, -0.25) is 9.69 Å². The van der Waals surface area contributed by atoms with Gasteiger partial charge in [0.15, 0.2) is 11.5 Å². The fraction of sp³-hybridized carbons (Fsp3) is 0.379. The summed E-state index contributed by atoms with van der Waals surface area (Å²) in [6, 6.07) is 14.0. The van der Waals surface area contributed by atoms with Crippen LogP contribution < -0.4 is 15.2 Å². The summed E-state index contributed by atoms with van der Waals surface area (Å²) in [5, 5.41) is 0. The number of carbonyl (C=O) groups excluding carboxylic acids is 1. The van der Waals surface area contributed by atoms with Gasteiger partial charge in [-0.2, -0.15) is 0 Å². The van der Waals surface area contributed by atoms with Gasteiger partial charge in [-0.05, 0) is 75.9 Å². The summed E-state index contributed by atoms with van der Waals surface area (Å²) in [4.78, 5) is 19.5. The number of ether oxygens (including phenoxy) is 2. The maximum Gasteiger partial charge on any atom is 0.261 e. The highest BCUT2D eigenvalue weighted by atomic mass is 16.5. The van der Waals surface area contributed by atoms with E-state index in [2.05, 4.69) is 30.1 Å². The SMILES string of the molecule is CC=CC(=CC)CCCOc1cccc(-c2ccc3c(c2)C2(CC(C)(C)O3)N=C(N)N(C)C2=O)c1. The van der Waals surface area contributed by atoms with E-state index in [4.69, 9.17) is 15.2 Å². The maximum absolute atomic E-state index is 13.3. The second-order valence-corrected chi connectivity index (χ2v) is 9.79. The molecule has 2 aliphatic heterocycles. The first-order valence-corrected chi connectivity index (χ1v) is 12.2. The first kappa shape index (κ1) is 24.6. The van der Waals surface area contributed by atoms with Crippen molar-refractivity contribution in [2.75, 3.05) is 13.7 Å². The summed E-state index contributed by atoms with van der Waals surface area (Å²) < 4.78 is 12.3. The van der Waals surface area contributed by atoms with Crippen LogP contribution in [-0.4, -0.2) is 36.0 Å². The number of nitrogens with zero attached hydrogens (tertiary/aromatic N) is 2. The Morgan fingerprint density at radius 2 is 1.97 bits per heavy atom. The highest BCUT2D eigenvalue weighted by molar-refractivity contribution is 6.07. The molecule has 184 valence electrons. The fourth-order valence-corrected chi connectivity index (χ4v) is 4.93. The predicted octanol–water partition coefficient (Wildman–Crippen LogP) is 5.58. The second kappa shape index (κ2) is 9.61. The van der Waals surface area contributed by atoms with Gasteiger partial charge in [-0.15, -0.1) is 0 Å². The molecule has 2 N–H and O–H groups in total. The van der Waals surface area contributed by atoms with Crippen molar-refractivity contribution >= 4 is 11.9 Å². The summed E-state index contributed by atoms with van der Waals surface area (Å²) in [5.74, 6) is 1.59. The Hall–Kier alpha value is -3.54. The Labute approximate surface area is 208 Å². The summed E-state index contributed by atoms with van der Waals surface area (Å²) in [6.45, 7) is 8.68. The van der Waals surface area contributed by atoms with Crippen molar-refractivity contribution in [3.05, 3.63) is 71.8 Å². The molecule has 2 aliphatic rings. The predicted molar refractivity (Wildman–Crippen MR) is 141 cm³/mol. The number of amides is 1. The first-order valence-electron chi connectivity index (χ1n) is 12.2. The standard InChI is InChI=1S/C29H35N3O3/c1-6-10-20(7-2)11-9-16-34-23-13-8-12-21(17-23)22-14-15-25-24(18-22)29(19-28(3,4)35-25)26(33)32(5)27(30)31-29/h6-8,10,12-15,17-18H,9,11,16,19H2,1-5H3,(H2,30,31). The van der Waals surface area contributed by atoms with E-state index < -0.39 is 11.1 Å². The van der Waals surface area contributed by atoms with Crippen molar-refractivity contribution in [1.82, 2.24) is 4.90 Å². The van der Waals surface area contributed by atoms with Crippen LogP contribution in [0.25, 0.3) is 11.1 Å². The lowest BCUT2D eigenvalue weighted by Crippen LogP contribution is -2.49. The van der Waals surface area contributed by atoms with Crippen LogP contribution in [-0.2, 0) is 10.3 Å². The molecule has 6 heteroatoms. The van der Waals surface area contributed by atoms with Crippen LogP contribution in [0, 0.1) is 0 Å². The van der Waals surface area contributed by atoms with Crippen LogP contribution in [0.5, 0.6) is 11.5 Å². The van der Waals surface area contributed by atoms with Gasteiger partial charge >= 0.3 is 0 Å². The summed E-state index contributed by atoms with van der Waals surface area (Å²) in [5.41, 5.74) is 8.50. The number of hydrogen-bond acceptors (Lipinski definition) is 5. The number of benzene rings is 2. The van der Waals surface area contributed by atoms with Crippen molar-refractivity contribution in [3.8, 4) is 22.6 Å². The van der Waals surface area contributed by atoms with Crippen LogP contribution in [0.4, 0.5) is 0 Å². The van der Waals surface area contributed by atoms with E-state index >= 15 is 0 Å². The second-order valence-electron chi connectivity index (χ2n) is 9.79. The molecule has 0 bridgehead atoms. The molecule has 0 aliphatic carbocycles. The van der Waals surface area contributed by atoms with E-state index in [0.29, 0.717) is 18.8 Å². The van der Waals surface area contributed by atoms with Crippen LogP contribution in [0.1, 0.15) is 52.5 Å². The molecular weight excluding hydrogens is 438 g/mol. The van der Waals surface area contributed by atoms with Gasteiger partial charge in [0.1, 0.15) is 17.1 Å². The average Bonchev–Trinajstić information content (AvgIpc) is 3.04. The number of aliphatic imine (C=N–C) groups is 1. The largest absolute Gasteiger partial charge is 0.494 e. The molecule has 1 unspecified atom stereocenters. The maximum atomic E-state index is 13.3. The number of guanidine groups is 1. The van der Waals surface area contributed by atoms with E-state index in [1.54, 1.807) is 7.05 Å². The van der Waals surface area contributed by atoms with Crippen molar-refractivity contribution in [3.63, 3.8) is 0 Å². The van der Waals surface area contributed by atoms with Crippen molar-refractivity contribution < 1.29 is 14.3 Å². The molecule has 4 rings (SSSR count). The highest BCUT2D eigenvalue weighted by Gasteiger charge is 2.55. The average molecular weight is 474 g/mol. The molecule has 1 amide bonds. The molecule has 0 aromatic heterocycles. The Kier molecular flexibility index (Phi) is 6.75. The number of carbonyl (C=O) groups is 1. The van der Waals surface area contributed by atoms with E-state index in [1.807, 2.05) is 63.2 Å². The fourth-order valence-electron chi connectivity index (χ4n) is 4.93. The number of fused-ring (bicyclic) bond motifs is 2. The zero-order chi connectivity index (χ0) is 25.2. The molecule has 2 heterocycles. The van der Waals surface area contributed by atoms with E-state index in [-0.39, 0.29) is 11.9 Å². The van der Waals surface area contributed by atoms with Gasteiger partial charge in [-0.1, -0.05) is 42.0 Å². The molecule has 1 spiro atoms. The molecular formula is C29H35N3O3. The van der Waals surface area contributed by atoms with Crippen molar-refractivity contribution in [1.29, 1.82) is 0 Å². The molecule has 2 aromatic rings. The van der Waals surface area contributed by atoms with Gasteiger partial charge in [0.2, 0.25) is 0 Å². The Balaban J connectivity index is 1.59. The minimum absolute atomic E-state index is 0.125. The third kappa shape index (κ3) is 4.83. The molecule has 6 nitrogen and oxygen atoms in total. The lowest BCUT2D eigenvalue weighted by molar-refractivity contribution is -0.133. The van der Waals surface area contributed by atoms with Gasteiger partial charge in [0.05, 0.1) is 6.61 Å². The first-order chi connectivity index (χ1) is 16.7. The van der Waals surface area contributed by atoms with Crippen LogP contribution in [0.15, 0.2) is 71.3 Å². The molecule has 0 saturated carbocycles. The third-order valence-corrected chi connectivity index (χ3v) is 6.60. The summed E-state index contributed by atoms with van der Waals surface area (Å²) >= 11 is 0. The summed E-state index contributed by atoms with van der Waals surface area (Å²) in [6.07, 6.45) is 8.68. The van der Waals surface area contributed by atoms with Gasteiger partial charge < -0.3 is 15.2 Å². The van der Waals surface area contributed by atoms with Crippen molar-refractivity contribution in [2.24, 2.45) is 10.7 Å². The molecule has 0 saturated heterocycles. The van der Waals surface area contributed by atoms with Crippen molar-refractivity contribution in [2.45, 2.75) is 58.1 Å².